The third-order valence-corrected chi connectivity index (χ3v) is 3.93. The lowest BCUT2D eigenvalue weighted by Gasteiger charge is -2.26. The van der Waals surface area contributed by atoms with Gasteiger partial charge in [0.2, 0.25) is 0 Å². The molecule has 0 saturated heterocycles. The second-order valence-electron chi connectivity index (χ2n) is 5.31. The average Bonchev–Trinajstić information content (AvgIpc) is 2.46. The summed E-state index contributed by atoms with van der Waals surface area (Å²) in [7, 11) is -4.80. The summed E-state index contributed by atoms with van der Waals surface area (Å²) in [5.74, 6) is -2.22. The van der Waals surface area contributed by atoms with Crippen LogP contribution in [-0.2, 0) is 10.4 Å². The highest BCUT2D eigenvalue weighted by molar-refractivity contribution is 7.81. The number of benzene rings is 2. The van der Waals surface area contributed by atoms with E-state index in [4.69, 9.17) is 9.29 Å². The molecule has 0 fully saturated rings. The number of rotatable bonds is 3. The predicted molar refractivity (Wildman–Crippen MR) is 82.4 cm³/mol. The van der Waals surface area contributed by atoms with E-state index >= 15 is 0 Å². The third kappa shape index (κ3) is 3.44. The summed E-state index contributed by atoms with van der Waals surface area (Å²) in [5.41, 5.74) is 0.270. The van der Waals surface area contributed by atoms with Crippen molar-refractivity contribution in [3.8, 4) is 28.7 Å². The Balaban J connectivity index is 1.93. The molecule has 25 heavy (non-hydrogen) atoms. The van der Waals surface area contributed by atoms with Crippen molar-refractivity contribution < 1.29 is 42.0 Å². The standard InChI is InChI=1S/C15H12O9S/c16-8-4-10(18)15-11(19)6-13(23-14(15)5-8)7-1-2-12(9(17)3-7)24-25(20,21)22/h1-5,13,16-18H,6H2,(H,20,21,22)/t13-/m0/s1. The molecule has 0 bridgehead atoms. The van der Waals surface area contributed by atoms with Gasteiger partial charge in [-0.3, -0.25) is 9.35 Å². The fourth-order valence-electron chi connectivity index (χ4n) is 2.53. The monoisotopic (exact) mass is 368 g/mol. The number of carbonyl (C=O) groups excluding carboxylic acids is 1. The van der Waals surface area contributed by atoms with Crippen LogP contribution in [0.4, 0.5) is 0 Å². The minimum atomic E-state index is -4.80. The molecule has 0 radical (unpaired) electrons. The van der Waals surface area contributed by atoms with Gasteiger partial charge in [-0.05, 0) is 17.7 Å². The second kappa shape index (κ2) is 5.83. The highest BCUT2D eigenvalue weighted by atomic mass is 32.3. The molecule has 3 rings (SSSR count). The maximum Gasteiger partial charge on any atom is 0.446 e. The lowest BCUT2D eigenvalue weighted by atomic mass is 9.95. The molecule has 0 unspecified atom stereocenters. The number of aromatic hydroxyl groups is 3. The first-order valence-electron chi connectivity index (χ1n) is 6.89. The lowest BCUT2D eigenvalue weighted by Crippen LogP contribution is -2.20. The molecular formula is C15H12O9S. The first kappa shape index (κ1) is 16.9. The Kier molecular flexibility index (Phi) is 3.93. The van der Waals surface area contributed by atoms with Crippen molar-refractivity contribution in [1.29, 1.82) is 0 Å². The van der Waals surface area contributed by atoms with E-state index in [0.29, 0.717) is 5.56 Å². The van der Waals surface area contributed by atoms with Gasteiger partial charge in [-0.1, -0.05) is 6.07 Å². The molecule has 4 N–H and O–H groups in total. The van der Waals surface area contributed by atoms with Crippen molar-refractivity contribution in [3.05, 3.63) is 41.5 Å². The average molecular weight is 368 g/mol. The van der Waals surface area contributed by atoms with Crippen molar-refractivity contribution in [2.24, 2.45) is 0 Å². The fourth-order valence-corrected chi connectivity index (χ4v) is 2.90. The van der Waals surface area contributed by atoms with Gasteiger partial charge in [-0.15, -0.1) is 0 Å². The van der Waals surface area contributed by atoms with E-state index < -0.39 is 39.5 Å². The number of ketones is 1. The largest absolute Gasteiger partial charge is 0.508 e. The van der Waals surface area contributed by atoms with Gasteiger partial charge < -0.3 is 24.2 Å². The zero-order valence-corrected chi connectivity index (χ0v) is 13.2. The molecule has 2 aromatic carbocycles. The van der Waals surface area contributed by atoms with Crippen molar-refractivity contribution >= 4 is 16.2 Å². The Bertz CT molecular complexity index is 965. The number of ether oxygens (including phenoxy) is 1. The summed E-state index contributed by atoms with van der Waals surface area (Å²) < 4.78 is 39.8. The third-order valence-electron chi connectivity index (χ3n) is 3.53. The van der Waals surface area contributed by atoms with Gasteiger partial charge in [0.1, 0.15) is 28.9 Å². The van der Waals surface area contributed by atoms with E-state index in [1.165, 1.54) is 12.1 Å². The lowest BCUT2D eigenvalue weighted by molar-refractivity contribution is 0.0844. The number of Topliss-reactive ketones (excluding diaryl/α,β-unsaturated/α-hetero) is 1. The zero-order chi connectivity index (χ0) is 18.4. The van der Waals surface area contributed by atoms with Crippen LogP contribution in [0.1, 0.15) is 28.4 Å². The van der Waals surface area contributed by atoms with Gasteiger partial charge in [-0.2, -0.15) is 8.42 Å². The van der Waals surface area contributed by atoms with Crippen LogP contribution >= 0.6 is 0 Å². The van der Waals surface area contributed by atoms with E-state index in [0.717, 1.165) is 18.2 Å². The first-order valence-corrected chi connectivity index (χ1v) is 8.26. The first-order chi connectivity index (χ1) is 11.6. The maximum atomic E-state index is 12.2. The Labute approximate surface area is 141 Å². The number of carbonyl (C=O) groups is 1. The number of fused-ring (bicyclic) bond motifs is 1. The molecule has 0 saturated carbocycles. The van der Waals surface area contributed by atoms with Crippen LogP contribution in [0.2, 0.25) is 0 Å². The van der Waals surface area contributed by atoms with Crippen molar-refractivity contribution in [2.45, 2.75) is 12.5 Å². The molecule has 10 heteroatoms. The van der Waals surface area contributed by atoms with Crippen LogP contribution in [0.15, 0.2) is 30.3 Å². The van der Waals surface area contributed by atoms with Crippen molar-refractivity contribution in [2.75, 3.05) is 0 Å². The Morgan fingerprint density at radius 2 is 1.80 bits per heavy atom. The van der Waals surface area contributed by atoms with Crippen LogP contribution in [0.25, 0.3) is 0 Å². The van der Waals surface area contributed by atoms with E-state index in [1.807, 2.05) is 0 Å². The molecule has 0 spiro atoms. The number of hydrogen-bond acceptors (Lipinski definition) is 8. The molecule has 1 heterocycles. The maximum absolute atomic E-state index is 12.2. The predicted octanol–water partition coefficient (Wildman–Crippen LogP) is 1.69. The van der Waals surface area contributed by atoms with Gasteiger partial charge in [0.25, 0.3) is 0 Å². The highest BCUT2D eigenvalue weighted by Crippen LogP contribution is 2.42. The van der Waals surface area contributed by atoms with Gasteiger partial charge in [0.15, 0.2) is 17.3 Å². The van der Waals surface area contributed by atoms with E-state index in [2.05, 4.69) is 4.18 Å². The second-order valence-corrected chi connectivity index (χ2v) is 6.33. The number of phenols is 3. The van der Waals surface area contributed by atoms with Crippen LogP contribution in [0, 0.1) is 0 Å². The Morgan fingerprint density at radius 3 is 2.44 bits per heavy atom. The fraction of sp³-hybridized carbons (Fsp3) is 0.133. The molecule has 0 aromatic heterocycles. The minimum absolute atomic E-state index is 0.0171. The summed E-state index contributed by atoms with van der Waals surface area (Å²) in [5, 5.41) is 29.1. The normalized spacial score (nSPS) is 16.8. The molecule has 1 atom stereocenters. The molecule has 9 nitrogen and oxygen atoms in total. The Hall–Kier alpha value is -2.98. The topological polar surface area (TPSA) is 151 Å². The van der Waals surface area contributed by atoms with E-state index in [9.17, 15) is 28.5 Å². The van der Waals surface area contributed by atoms with Gasteiger partial charge in [0, 0.05) is 12.1 Å². The molecule has 0 amide bonds. The molecule has 0 aliphatic carbocycles. The zero-order valence-electron chi connectivity index (χ0n) is 12.4. The quantitative estimate of drug-likeness (QED) is 0.593. The molecule has 1 aliphatic heterocycles. The minimum Gasteiger partial charge on any atom is -0.508 e. The number of phenolic OH excluding ortho intramolecular Hbond substituents is 3. The summed E-state index contributed by atoms with van der Waals surface area (Å²) in [6, 6.07) is 5.74. The molecular weight excluding hydrogens is 356 g/mol. The van der Waals surface area contributed by atoms with Gasteiger partial charge in [-0.25, -0.2) is 0 Å². The van der Waals surface area contributed by atoms with Gasteiger partial charge >= 0.3 is 10.4 Å². The van der Waals surface area contributed by atoms with Crippen molar-refractivity contribution in [3.63, 3.8) is 0 Å². The smallest absolute Gasteiger partial charge is 0.446 e. The molecule has 2 aromatic rings. The molecule has 1 aliphatic rings. The summed E-state index contributed by atoms with van der Waals surface area (Å²) in [6.45, 7) is 0. The van der Waals surface area contributed by atoms with Crippen LogP contribution in [0.3, 0.4) is 0 Å². The van der Waals surface area contributed by atoms with Crippen molar-refractivity contribution in [1.82, 2.24) is 0 Å². The molecule has 132 valence electrons. The van der Waals surface area contributed by atoms with E-state index in [1.54, 1.807) is 0 Å². The van der Waals surface area contributed by atoms with Crippen LogP contribution in [-0.4, -0.2) is 34.1 Å². The van der Waals surface area contributed by atoms with Gasteiger partial charge in [0.05, 0.1) is 6.42 Å². The summed E-state index contributed by atoms with van der Waals surface area (Å²) in [6.07, 6.45) is -0.990. The van der Waals surface area contributed by atoms with E-state index in [-0.39, 0.29) is 23.5 Å². The van der Waals surface area contributed by atoms with Crippen LogP contribution in [0.5, 0.6) is 28.7 Å². The summed E-state index contributed by atoms with van der Waals surface area (Å²) in [4.78, 5) is 12.2. The highest BCUT2D eigenvalue weighted by Gasteiger charge is 2.31. The van der Waals surface area contributed by atoms with Crippen LogP contribution < -0.4 is 8.92 Å². The number of hydrogen-bond donors (Lipinski definition) is 4. The SMILES string of the molecule is O=C1C[C@@H](c2ccc(OS(=O)(=O)O)c(O)c2)Oc2cc(O)cc(O)c21. The Morgan fingerprint density at radius 1 is 1.08 bits per heavy atom. The summed E-state index contributed by atoms with van der Waals surface area (Å²) >= 11 is 0.